The molecule has 184 valence electrons. The lowest BCUT2D eigenvalue weighted by Crippen LogP contribution is -2.25. The van der Waals surface area contributed by atoms with Crippen LogP contribution in [-0.4, -0.2) is 35.2 Å². The third kappa shape index (κ3) is 6.25. The molecule has 3 rings (SSSR count). The third-order valence-electron chi connectivity index (χ3n) is 4.89. The van der Waals surface area contributed by atoms with Crippen molar-refractivity contribution in [3.05, 3.63) is 84.4 Å². The van der Waals surface area contributed by atoms with Gasteiger partial charge in [0.15, 0.2) is 0 Å². The molecular weight excluding hydrogens is 492 g/mol. The first-order chi connectivity index (χ1) is 16.5. The Balaban J connectivity index is 2.09. The molecule has 0 amide bonds. The molecule has 0 unspecified atom stereocenters. The molecule has 0 saturated carbocycles. The summed E-state index contributed by atoms with van der Waals surface area (Å²) in [7, 11) is -8.06. The molecule has 35 heavy (non-hydrogen) atoms. The van der Waals surface area contributed by atoms with Crippen LogP contribution >= 0.6 is 0 Å². The number of hydrogen-bond donors (Lipinski definition) is 2. The zero-order chi connectivity index (χ0) is 25.6. The summed E-state index contributed by atoms with van der Waals surface area (Å²) in [6.45, 7) is 2.73. The standard InChI is InChI=1S/C24H24N2O7S2/c1-3-33-24(28)23(17(2)27)21-16-18(25-34(29,30)19-10-6-4-7-11-19)14-15-22(21)26-35(31,32)20-12-8-5-9-13-20/h4-16,23,25-26H,3H2,1-2H3/t23-/m1/s1. The highest BCUT2D eigenvalue weighted by Gasteiger charge is 2.31. The zero-order valence-corrected chi connectivity index (χ0v) is 20.6. The fourth-order valence-electron chi connectivity index (χ4n) is 3.31. The molecule has 0 saturated heterocycles. The van der Waals surface area contributed by atoms with E-state index in [1.165, 1.54) is 42.5 Å². The van der Waals surface area contributed by atoms with Crippen molar-refractivity contribution in [2.24, 2.45) is 0 Å². The number of hydrogen-bond acceptors (Lipinski definition) is 7. The number of rotatable bonds is 10. The fraction of sp³-hybridized carbons (Fsp3) is 0.167. The Hall–Kier alpha value is -3.70. The van der Waals surface area contributed by atoms with Gasteiger partial charge in [-0.2, -0.15) is 0 Å². The van der Waals surface area contributed by atoms with E-state index in [0.717, 1.165) is 6.92 Å². The van der Waals surface area contributed by atoms with Crippen molar-refractivity contribution in [2.45, 2.75) is 29.6 Å². The Bertz CT molecular complexity index is 1420. The maximum absolute atomic E-state index is 12.9. The van der Waals surface area contributed by atoms with E-state index in [4.69, 9.17) is 4.74 Å². The van der Waals surface area contributed by atoms with Crippen LogP contribution in [0.2, 0.25) is 0 Å². The number of ether oxygens (including phenoxy) is 1. The van der Waals surface area contributed by atoms with Crippen molar-refractivity contribution >= 4 is 43.2 Å². The first-order valence-corrected chi connectivity index (χ1v) is 13.5. The van der Waals surface area contributed by atoms with Crippen LogP contribution in [0.3, 0.4) is 0 Å². The summed E-state index contributed by atoms with van der Waals surface area (Å²) in [6.07, 6.45) is 0. The van der Waals surface area contributed by atoms with Crippen molar-refractivity contribution in [1.82, 2.24) is 0 Å². The molecule has 11 heteroatoms. The maximum atomic E-state index is 12.9. The van der Waals surface area contributed by atoms with Crippen molar-refractivity contribution in [1.29, 1.82) is 0 Å². The Labute approximate surface area is 204 Å². The van der Waals surface area contributed by atoms with Crippen LogP contribution in [-0.2, 0) is 34.4 Å². The van der Waals surface area contributed by atoms with Crippen LogP contribution in [0.4, 0.5) is 11.4 Å². The van der Waals surface area contributed by atoms with E-state index >= 15 is 0 Å². The average molecular weight is 517 g/mol. The van der Waals surface area contributed by atoms with Gasteiger partial charge < -0.3 is 4.74 Å². The van der Waals surface area contributed by atoms with Gasteiger partial charge in [0.2, 0.25) is 0 Å². The van der Waals surface area contributed by atoms with E-state index in [0.29, 0.717) is 0 Å². The smallest absolute Gasteiger partial charge is 0.321 e. The number of sulfonamides is 2. The molecule has 9 nitrogen and oxygen atoms in total. The number of esters is 1. The van der Waals surface area contributed by atoms with Gasteiger partial charge in [-0.05, 0) is 61.9 Å². The topological polar surface area (TPSA) is 136 Å². The second-order valence-corrected chi connectivity index (χ2v) is 10.8. The molecule has 3 aromatic rings. The normalized spacial score (nSPS) is 12.4. The fourth-order valence-corrected chi connectivity index (χ4v) is 5.49. The van der Waals surface area contributed by atoms with E-state index in [2.05, 4.69) is 9.44 Å². The molecule has 0 aliphatic heterocycles. The molecule has 0 aliphatic carbocycles. The molecular formula is C24H24N2O7S2. The summed E-state index contributed by atoms with van der Waals surface area (Å²) >= 11 is 0. The molecule has 2 N–H and O–H groups in total. The number of ketones is 1. The predicted molar refractivity (Wildman–Crippen MR) is 131 cm³/mol. The lowest BCUT2D eigenvalue weighted by atomic mass is 9.93. The summed E-state index contributed by atoms with van der Waals surface area (Å²) in [6, 6.07) is 19.0. The summed E-state index contributed by atoms with van der Waals surface area (Å²) in [5.74, 6) is -2.97. The largest absolute Gasteiger partial charge is 0.465 e. The average Bonchev–Trinajstić information content (AvgIpc) is 2.81. The number of anilines is 2. The van der Waals surface area contributed by atoms with Crippen molar-refractivity contribution in [3.8, 4) is 0 Å². The monoisotopic (exact) mass is 516 g/mol. The van der Waals surface area contributed by atoms with E-state index in [1.54, 1.807) is 43.3 Å². The number of benzene rings is 3. The highest BCUT2D eigenvalue weighted by molar-refractivity contribution is 7.93. The Morgan fingerprint density at radius 3 is 1.80 bits per heavy atom. The SMILES string of the molecule is CCOC(=O)[C@H](C(C)=O)c1cc(NS(=O)(=O)c2ccccc2)ccc1NS(=O)(=O)c1ccccc1. The van der Waals surface area contributed by atoms with Crippen LogP contribution in [0.1, 0.15) is 25.3 Å². The molecule has 1 atom stereocenters. The van der Waals surface area contributed by atoms with Gasteiger partial charge in [0.25, 0.3) is 20.0 Å². The lowest BCUT2D eigenvalue weighted by molar-refractivity contribution is -0.147. The van der Waals surface area contributed by atoms with Gasteiger partial charge in [-0.15, -0.1) is 0 Å². The molecule has 0 bridgehead atoms. The van der Waals surface area contributed by atoms with E-state index < -0.39 is 37.7 Å². The summed E-state index contributed by atoms with van der Waals surface area (Å²) < 4.78 is 61.2. The zero-order valence-electron chi connectivity index (χ0n) is 19.0. The lowest BCUT2D eigenvalue weighted by Gasteiger charge is -2.20. The van der Waals surface area contributed by atoms with Gasteiger partial charge in [0.05, 0.1) is 22.1 Å². The minimum Gasteiger partial charge on any atom is -0.465 e. The predicted octanol–water partition coefficient (Wildman–Crippen LogP) is 3.52. The minimum absolute atomic E-state index is 0.00363. The molecule has 0 spiro atoms. The van der Waals surface area contributed by atoms with Gasteiger partial charge in [-0.25, -0.2) is 16.8 Å². The van der Waals surface area contributed by atoms with Gasteiger partial charge in [0.1, 0.15) is 11.7 Å². The molecule has 3 aromatic carbocycles. The van der Waals surface area contributed by atoms with E-state index in [-0.39, 0.29) is 33.3 Å². The Morgan fingerprint density at radius 2 is 1.31 bits per heavy atom. The van der Waals surface area contributed by atoms with E-state index in [9.17, 15) is 26.4 Å². The first kappa shape index (κ1) is 25.9. The van der Waals surface area contributed by atoms with Crippen LogP contribution in [0.5, 0.6) is 0 Å². The quantitative estimate of drug-likeness (QED) is 0.311. The summed E-state index contributed by atoms with van der Waals surface area (Å²) in [5, 5.41) is 0. The number of nitrogens with one attached hydrogen (secondary N) is 2. The minimum atomic E-state index is -4.08. The first-order valence-electron chi connectivity index (χ1n) is 10.5. The molecule has 0 fully saturated rings. The summed E-state index contributed by atoms with van der Waals surface area (Å²) in [5.41, 5.74) is -0.0875. The van der Waals surface area contributed by atoms with Crippen LogP contribution in [0, 0.1) is 0 Å². The molecule has 0 heterocycles. The molecule has 0 radical (unpaired) electrons. The van der Waals surface area contributed by atoms with Crippen molar-refractivity contribution in [3.63, 3.8) is 0 Å². The van der Waals surface area contributed by atoms with Crippen LogP contribution < -0.4 is 9.44 Å². The highest BCUT2D eigenvalue weighted by atomic mass is 32.2. The highest BCUT2D eigenvalue weighted by Crippen LogP contribution is 2.32. The van der Waals surface area contributed by atoms with Crippen molar-refractivity contribution < 1.29 is 31.2 Å². The molecule has 0 aromatic heterocycles. The number of Topliss-reactive ketones (excluding diaryl/α,β-unsaturated/α-hetero) is 1. The van der Waals surface area contributed by atoms with E-state index in [1.807, 2.05) is 0 Å². The summed E-state index contributed by atoms with van der Waals surface area (Å²) in [4.78, 5) is 25.1. The Morgan fingerprint density at radius 1 is 0.800 bits per heavy atom. The number of carbonyl (C=O) groups is 2. The Kier molecular flexibility index (Phi) is 7.92. The van der Waals surface area contributed by atoms with Gasteiger partial charge in [-0.1, -0.05) is 36.4 Å². The van der Waals surface area contributed by atoms with Crippen molar-refractivity contribution in [2.75, 3.05) is 16.1 Å². The maximum Gasteiger partial charge on any atom is 0.321 e. The number of carbonyl (C=O) groups excluding carboxylic acids is 2. The van der Waals surface area contributed by atoms with Gasteiger partial charge >= 0.3 is 5.97 Å². The second-order valence-electron chi connectivity index (χ2n) is 7.43. The van der Waals surface area contributed by atoms with Crippen LogP contribution in [0.15, 0.2) is 88.7 Å². The molecule has 0 aliphatic rings. The van der Waals surface area contributed by atoms with Gasteiger partial charge in [-0.3, -0.25) is 19.0 Å². The third-order valence-corrected chi connectivity index (χ3v) is 7.67. The van der Waals surface area contributed by atoms with Gasteiger partial charge in [0, 0.05) is 5.69 Å². The second kappa shape index (κ2) is 10.7. The van der Waals surface area contributed by atoms with Crippen LogP contribution in [0.25, 0.3) is 0 Å².